The fourth-order valence-electron chi connectivity index (χ4n) is 5.51. The molecule has 0 spiro atoms. The van der Waals surface area contributed by atoms with Gasteiger partial charge in [0.2, 0.25) is 11.8 Å². The first-order valence-electron chi connectivity index (χ1n) is 12.3. The van der Waals surface area contributed by atoms with Gasteiger partial charge in [0.25, 0.3) is 0 Å². The zero-order valence-electron chi connectivity index (χ0n) is 19.7. The number of aliphatic imine (C=N–C) groups is 1. The van der Waals surface area contributed by atoms with Gasteiger partial charge in [0.15, 0.2) is 0 Å². The monoisotopic (exact) mass is 443 g/mol. The Balaban J connectivity index is 1.30. The lowest BCUT2D eigenvalue weighted by Crippen LogP contribution is -2.47. The minimum Gasteiger partial charge on any atom is -0.341 e. The summed E-state index contributed by atoms with van der Waals surface area (Å²) in [6.45, 7) is 5.77. The summed E-state index contributed by atoms with van der Waals surface area (Å²) >= 11 is 0. The van der Waals surface area contributed by atoms with Crippen LogP contribution >= 0.6 is 0 Å². The van der Waals surface area contributed by atoms with Crippen molar-refractivity contribution in [3.8, 4) is 0 Å². The minimum absolute atomic E-state index is 0.0422. The topological polar surface area (TPSA) is 53.0 Å². The van der Waals surface area contributed by atoms with Gasteiger partial charge in [-0.25, -0.2) is 0 Å². The molecule has 0 N–H and O–H groups in total. The Morgan fingerprint density at radius 3 is 2.52 bits per heavy atom. The Hall–Kier alpha value is -2.95. The maximum Gasteiger partial charge on any atom is 0.242 e. The molecular formula is C28H33N3O2. The smallest absolute Gasteiger partial charge is 0.242 e. The lowest BCUT2D eigenvalue weighted by Gasteiger charge is -2.34. The van der Waals surface area contributed by atoms with Gasteiger partial charge in [0.05, 0.1) is 17.3 Å². The van der Waals surface area contributed by atoms with Crippen LogP contribution in [0.3, 0.4) is 0 Å². The van der Waals surface area contributed by atoms with E-state index in [1.807, 2.05) is 11.0 Å². The van der Waals surface area contributed by atoms with Crippen LogP contribution in [0.15, 0.2) is 47.5 Å². The Morgan fingerprint density at radius 2 is 1.76 bits per heavy atom. The van der Waals surface area contributed by atoms with Crippen LogP contribution in [0.4, 0.5) is 11.4 Å². The number of piperidine rings is 1. The van der Waals surface area contributed by atoms with E-state index in [0.29, 0.717) is 5.92 Å². The van der Waals surface area contributed by atoms with Crippen LogP contribution in [0, 0.1) is 25.7 Å². The first-order chi connectivity index (χ1) is 16.0. The second kappa shape index (κ2) is 9.12. The van der Waals surface area contributed by atoms with Gasteiger partial charge >= 0.3 is 0 Å². The molecule has 1 atom stereocenters. The fourth-order valence-corrected chi connectivity index (χ4v) is 5.51. The molecule has 1 saturated heterocycles. The Labute approximate surface area is 196 Å². The first kappa shape index (κ1) is 21.9. The van der Waals surface area contributed by atoms with Crippen molar-refractivity contribution in [2.45, 2.75) is 52.4 Å². The van der Waals surface area contributed by atoms with E-state index in [0.717, 1.165) is 79.8 Å². The number of rotatable bonds is 4. The minimum atomic E-state index is -0.178. The van der Waals surface area contributed by atoms with E-state index >= 15 is 0 Å². The molecule has 3 aliphatic rings. The molecule has 2 fully saturated rings. The molecule has 2 heterocycles. The summed E-state index contributed by atoms with van der Waals surface area (Å²) in [5.74, 6) is 0.521. The molecule has 0 unspecified atom stereocenters. The van der Waals surface area contributed by atoms with Gasteiger partial charge in [-0.1, -0.05) is 30.3 Å². The maximum absolute atomic E-state index is 13.5. The first-order valence-corrected chi connectivity index (χ1v) is 12.3. The molecule has 2 amide bonds. The van der Waals surface area contributed by atoms with Crippen molar-refractivity contribution < 1.29 is 9.59 Å². The molecule has 172 valence electrons. The zero-order chi connectivity index (χ0) is 22.9. The number of anilines is 1. The summed E-state index contributed by atoms with van der Waals surface area (Å²) in [6, 6.07) is 14.7. The molecule has 0 radical (unpaired) electrons. The molecular weight excluding hydrogens is 410 g/mol. The van der Waals surface area contributed by atoms with Crippen LogP contribution in [-0.4, -0.2) is 42.1 Å². The third-order valence-electron chi connectivity index (χ3n) is 7.67. The third-order valence-corrected chi connectivity index (χ3v) is 7.67. The molecule has 0 aromatic heterocycles. The molecule has 5 nitrogen and oxygen atoms in total. The van der Waals surface area contributed by atoms with Crippen LogP contribution in [0.1, 0.15) is 48.8 Å². The van der Waals surface area contributed by atoms with Crippen molar-refractivity contribution >= 4 is 28.9 Å². The summed E-state index contributed by atoms with van der Waals surface area (Å²) in [4.78, 5) is 35.5. The van der Waals surface area contributed by atoms with Crippen LogP contribution in [0.5, 0.6) is 0 Å². The maximum atomic E-state index is 13.5. The number of carbonyl (C=O) groups is 2. The largest absolute Gasteiger partial charge is 0.341 e. The van der Waals surface area contributed by atoms with Gasteiger partial charge in [-0.2, -0.15) is 0 Å². The molecule has 33 heavy (non-hydrogen) atoms. The van der Waals surface area contributed by atoms with Crippen LogP contribution in [0.2, 0.25) is 0 Å². The predicted molar refractivity (Wildman–Crippen MR) is 132 cm³/mol. The fraction of sp³-hybridized carbons (Fsp3) is 0.464. The number of likely N-dealkylation sites (tertiary alicyclic amines) is 1. The molecule has 1 saturated carbocycles. The van der Waals surface area contributed by atoms with E-state index < -0.39 is 0 Å². The highest BCUT2D eigenvalue weighted by atomic mass is 16.2. The lowest BCUT2D eigenvalue weighted by molar-refractivity contribution is -0.132. The summed E-state index contributed by atoms with van der Waals surface area (Å²) < 4.78 is 0. The standard InChI is InChI=1S/C28H33N3O2/c1-19-15-25-26(16-20(19)2)31(28(33)23-9-6-10-24(23)29-25)18-27(32)30-13-11-22(12-14-30)17-21-7-4-3-5-8-21/h3-5,7-8,15-16,22-23H,6,9-14,17-18H2,1-2H3/t23-/m1/s1. The zero-order valence-corrected chi connectivity index (χ0v) is 19.7. The number of carbonyl (C=O) groups excluding carboxylic acids is 2. The van der Waals surface area contributed by atoms with E-state index in [2.05, 4.69) is 50.2 Å². The third kappa shape index (κ3) is 4.46. The van der Waals surface area contributed by atoms with E-state index in [1.54, 1.807) is 4.90 Å². The van der Waals surface area contributed by atoms with Gasteiger partial charge < -0.3 is 9.80 Å². The van der Waals surface area contributed by atoms with Crippen molar-refractivity contribution in [3.63, 3.8) is 0 Å². The average Bonchev–Trinajstić information content (AvgIpc) is 3.25. The average molecular weight is 444 g/mol. The van der Waals surface area contributed by atoms with Gasteiger partial charge in [-0.3, -0.25) is 14.6 Å². The van der Waals surface area contributed by atoms with Crippen LogP contribution < -0.4 is 4.90 Å². The van der Waals surface area contributed by atoms with E-state index in [1.165, 1.54) is 5.56 Å². The predicted octanol–water partition coefficient (Wildman–Crippen LogP) is 5.00. The molecule has 2 aromatic carbocycles. The van der Waals surface area contributed by atoms with Crippen LogP contribution in [-0.2, 0) is 16.0 Å². The highest BCUT2D eigenvalue weighted by Gasteiger charge is 2.38. The molecule has 2 aromatic rings. The number of amides is 2. The second-order valence-corrected chi connectivity index (χ2v) is 9.91. The van der Waals surface area contributed by atoms with Crippen molar-refractivity contribution in [2.24, 2.45) is 16.8 Å². The van der Waals surface area contributed by atoms with Gasteiger partial charge in [-0.15, -0.1) is 0 Å². The molecule has 2 aliphatic heterocycles. The Morgan fingerprint density at radius 1 is 1.03 bits per heavy atom. The number of hydrogen-bond donors (Lipinski definition) is 0. The number of hydrogen-bond acceptors (Lipinski definition) is 3. The summed E-state index contributed by atoms with van der Waals surface area (Å²) in [6.07, 6.45) is 5.80. The van der Waals surface area contributed by atoms with Crippen LogP contribution in [0.25, 0.3) is 0 Å². The quantitative estimate of drug-likeness (QED) is 0.667. The van der Waals surface area contributed by atoms with Crippen molar-refractivity contribution in [3.05, 3.63) is 59.2 Å². The summed E-state index contributed by atoms with van der Waals surface area (Å²) in [5, 5.41) is 0. The Bertz CT molecular complexity index is 1080. The highest BCUT2D eigenvalue weighted by molar-refractivity contribution is 6.16. The van der Waals surface area contributed by atoms with Gasteiger partial charge in [-0.05, 0) is 87.1 Å². The SMILES string of the molecule is Cc1cc2c(cc1C)N(CC(=O)N1CCC(Cc3ccccc3)CC1)C(=O)[C@@H]1CCCC1=N2. The van der Waals surface area contributed by atoms with E-state index in [-0.39, 0.29) is 24.3 Å². The normalized spacial score (nSPS) is 20.8. The number of aryl methyl sites for hydroxylation is 2. The molecule has 5 rings (SSSR count). The number of benzene rings is 2. The second-order valence-electron chi connectivity index (χ2n) is 9.91. The number of fused-ring (bicyclic) bond motifs is 2. The van der Waals surface area contributed by atoms with Gasteiger partial charge in [0.1, 0.15) is 6.54 Å². The van der Waals surface area contributed by atoms with Crippen molar-refractivity contribution in [1.82, 2.24) is 4.90 Å². The number of nitrogens with zero attached hydrogens (tertiary/aromatic N) is 3. The molecule has 5 heteroatoms. The van der Waals surface area contributed by atoms with E-state index in [9.17, 15) is 9.59 Å². The summed E-state index contributed by atoms with van der Waals surface area (Å²) in [5.41, 5.74) is 6.26. The highest BCUT2D eigenvalue weighted by Crippen LogP contribution is 2.39. The van der Waals surface area contributed by atoms with Crippen molar-refractivity contribution in [2.75, 3.05) is 24.5 Å². The molecule has 1 aliphatic carbocycles. The van der Waals surface area contributed by atoms with Gasteiger partial charge in [0, 0.05) is 18.8 Å². The Kier molecular flexibility index (Phi) is 6.05. The lowest BCUT2D eigenvalue weighted by atomic mass is 9.90. The summed E-state index contributed by atoms with van der Waals surface area (Å²) in [7, 11) is 0. The van der Waals surface area contributed by atoms with E-state index in [4.69, 9.17) is 4.99 Å². The van der Waals surface area contributed by atoms with Crippen molar-refractivity contribution in [1.29, 1.82) is 0 Å². The molecule has 0 bridgehead atoms.